The van der Waals surface area contributed by atoms with Crippen molar-refractivity contribution in [2.75, 3.05) is 19.6 Å². The molecule has 0 spiro atoms. The lowest BCUT2D eigenvalue weighted by atomic mass is 10.0. The maximum absolute atomic E-state index is 2.59. The van der Waals surface area contributed by atoms with Crippen LogP contribution in [-0.2, 0) is 0 Å². The molecule has 0 aliphatic carbocycles. The van der Waals surface area contributed by atoms with Gasteiger partial charge in [-0.05, 0) is 19.9 Å². The number of unbranched alkanes of at least 4 members (excludes halogenated alkanes) is 19. The number of rotatable bonds is 21. The van der Waals surface area contributed by atoms with E-state index in [0.29, 0.717) is 0 Å². The zero-order valence-electron chi connectivity index (χ0n) is 19.8. The predicted octanol–water partition coefficient (Wildman–Crippen LogP) is 9.07. The number of hydrogen-bond acceptors (Lipinski definition) is 1. The minimum atomic E-state index is 1.20. The first-order chi connectivity index (χ1) is 13.8. The Hall–Kier alpha value is -0.300. The highest BCUT2D eigenvalue weighted by molar-refractivity contribution is 5.08. The fourth-order valence-corrected chi connectivity index (χ4v) is 4.53. The second kappa shape index (κ2) is 20.0. The van der Waals surface area contributed by atoms with Gasteiger partial charge in [0.05, 0.1) is 0 Å². The smallest absolute Gasteiger partial charge is 0.0193 e. The second-order valence-corrected chi connectivity index (χ2v) is 9.50. The van der Waals surface area contributed by atoms with Gasteiger partial charge < -0.3 is 0 Å². The van der Waals surface area contributed by atoms with Crippen molar-refractivity contribution in [3.8, 4) is 0 Å². The lowest BCUT2D eigenvalue weighted by Crippen LogP contribution is -2.21. The Kier molecular flexibility index (Phi) is 18.4. The van der Waals surface area contributed by atoms with Crippen LogP contribution in [0, 0.1) is 0 Å². The van der Waals surface area contributed by atoms with Crippen LogP contribution in [0.25, 0.3) is 0 Å². The van der Waals surface area contributed by atoms with Crippen molar-refractivity contribution < 1.29 is 0 Å². The summed E-state index contributed by atoms with van der Waals surface area (Å²) in [6, 6.07) is 0. The Labute approximate surface area is 178 Å². The molecule has 0 unspecified atom stereocenters. The van der Waals surface area contributed by atoms with Crippen LogP contribution in [0.5, 0.6) is 0 Å². The number of hydrogen-bond donors (Lipinski definition) is 0. The van der Waals surface area contributed by atoms with Crippen molar-refractivity contribution in [1.29, 1.82) is 0 Å². The molecule has 0 N–H and O–H groups in total. The van der Waals surface area contributed by atoms with Gasteiger partial charge in [-0.2, -0.15) is 0 Å². The van der Waals surface area contributed by atoms with Crippen molar-refractivity contribution in [3.63, 3.8) is 0 Å². The summed E-state index contributed by atoms with van der Waals surface area (Å²) in [5, 5.41) is 0. The third-order valence-electron chi connectivity index (χ3n) is 6.50. The van der Waals surface area contributed by atoms with E-state index in [0.717, 1.165) is 0 Å². The molecule has 1 aliphatic heterocycles. The molecule has 1 heteroatoms. The third-order valence-corrected chi connectivity index (χ3v) is 6.50. The Morgan fingerprint density at radius 2 is 0.929 bits per heavy atom. The van der Waals surface area contributed by atoms with Gasteiger partial charge in [-0.3, -0.25) is 4.90 Å². The molecule has 0 amide bonds. The summed E-state index contributed by atoms with van der Waals surface area (Å²) < 4.78 is 0. The van der Waals surface area contributed by atoms with Crippen molar-refractivity contribution in [2.45, 2.75) is 142 Å². The monoisotopic (exact) mass is 391 g/mol. The van der Waals surface area contributed by atoms with Gasteiger partial charge in [0.15, 0.2) is 0 Å². The van der Waals surface area contributed by atoms with Gasteiger partial charge in [0, 0.05) is 13.1 Å². The molecule has 0 saturated carbocycles. The van der Waals surface area contributed by atoms with E-state index >= 15 is 0 Å². The molecule has 0 bridgehead atoms. The van der Waals surface area contributed by atoms with Gasteiger partial charge in [0.1, 0.15) is 0 Å². The molecule has 1 heterocycles. The van der Waals surface area contributed by atoms with Gasteiger partial charge in [0.25, 0.3) is 0 Å². The fourth-order valence-electron chi connectivity index (χ4n) is 4.53. The third kappa shape index (κ3) is 16.6. The lowest BCUT2D eigenvalue weighted by molar-refractivity contribution is 0.336. The SMILES string of the molecule is CCCCCCCCCCCCCCCCCCCCCCN1CC=C(C)C1. The maximum Gasteiger partial charge on any atom is 0.0193 e. The minimum Gasteiger partial charge on any atom is -0.296 e. The van der Waals surface area contributed by atoms with Crippen molar-refractivity contribution >= 4 is 0 Å². The van der Waals surface area contributed by atoms with Crippen LogP contribution in [0.3, 0.4) is 0 Å². The topological polar surface area (TPSA) is 3.24 Å². The first-order valence-electron chi connectivity index (χ1n) is 13.2. The quantitative estimate of drug-likeness (QED) is 0.139. The van der Waals surface area contributed by atoms with Crippen LogP contribution < -0.4 is 0 Å². The minimum absolute atomic E-state index is 1.20. The van der Waals surface area contributed by atoms with E-state index in [1.807, 2.05) is 0 Å². The molecule has 0 atom stereocenters. The molecule has 166 valence electrons. The summed E-state index contributed by atoms with van der Waals surface area (Å²) in [6.07, 6.45) is 31.7. The summed E-state index contributed by atoms with van der Waals surface area (Å²) in [4.78, 5) is 2.59. The first-order valence-corrected chi connectivity index (χ1v) is 13.2. The van der Waals surface area contributed by atoms with Crippen LogP contribution in [0.15, 0.2) is 11.6 Å². The van der Waals surface area contributed by atoms with Gasteiger partial charge in [-0.1, -0.05) is 141 Å². The zero-order chi connectivity index (χ0) is 20.1. The summed E-state index contributed by atoms with van der Waals surface area (Å²) in [7, 11) is 0. The van der Waals surface area contributed by atoms with E-state index in [2.05, 4.69) is 24.8 Å². The predicted molar refractivity (Wildman–Crippen MR) is 128 cm³/mol. The highest BCUT2D eigenvalue weighted by atomic mass is 15.1. The summed E-state index contributed by atoms with van der Waals surface area (Å²) >= 11 is 0. The van der Waals surface area contributed by atoms with Gasteiger partial charge in [-0.25, -0.2) is 0 Å². The van der Waals surface area contributed by atoms with E-state index in [1.165, 1.54) is 148 Å². The van der Waals surface area contributed by atoms with Crippen molar-refractivity contribution in [1.82, 2.24) is 4.90 Å². The molecule has 0 aromatic rings. The maximum atomic E-state index is 2.59. The van der Waals surface area contributed by atoms with Crippen LogP contribution in [0.1, 0.15) is 142 Å². The normalized spacial score (nSPS) is 14.7. The molecule has 0 saturated heterocycles. The molecular weight excluding hydrogens is 338 g/mol. The Balaban J connectivity index is 1.64. The largest absolute Gasteiger partial charge is 0.296 e. The lowest BCUT2D eigenvalue weighted by Gasteiger charge is -2.14. The number of nitrogens with zero attached hydrogens (tertiary/aromatic N) is 1. The highest BCUT2D eigenvalue weighted by Gasteiger charge is 2.09. The van der Waals surface area contributed by atoms with E-state index in [-0.39, 0.29) is 0 Å². The average molecular weight is 392 g/mol. The van der Waals surface area contributed by atoms with Crippen LogP contribution in [0.4, 0.5) is 0 Å². The summed E-state index contributed by atoms with van der Waals surface area (Å²) in [5.41, 5.74) is 1.56. The van der Waals surface area contributed by atoms with E-state index in [1.54, 1.807) is 5.57 Å². The zero-order valence-corrected chi connectivity index (χ0v) is 19.8. The summed E-state index contributed by atoms with van der Waals surface area (Å²) in [5.74, 6) is 0. The van der Waals surface area contributed by atoms with Gasteiger partial charge >= 0.3 is 0 Å². The molecular formula is C27H53N. The Morgan fingerprint density at radius 1 is 0.571 bits per heavy atom. The highest BCUT2D eigenvalue weighted by Crippen LogP contribution is 2.15. The summed E-state index contributed by atoms with van der Waals surface area (Å²) in [6.45, 7) is 8.30. The van der Waals surface area contributed by atoms with Crippen molar-refractivity contribution in [2.24, 2.45) is 0 Å². The molecule has 0 aromatic carbocycles. The second-order valence-electron chi connectivity index (χ2n) is 9.50. The van der Waals surface area contributed by atoms with Crippen molar-refractivity contribution in [3.05, 3.63) is 11.6 Å². The fraction of sp³-hybridized carbons (Fsp3) is 0.926. The molecule has 1 aliphatic rings. The molecule has 0 aromatic heterocycles. The first kappa shape index (κ1) is 25.7. The molecule has 1 nitrogen and oxygen atoms in total. The molecule has 0 fully saturated rings. The van der Waals surface area contributed by atoms with Gasteiger partial charge in [0.2, 0.25) is 0 Å². The Bertz CT molecular complexity index is 346. The van der Waals surface area contributed by atoms with Crippen LogP contribution in [-0.4, -0.2) is 24.5 Å². The Morgan fingerprint density at radius 3 is 1.25 bits per heavy atom. The van der Waals surface area contributed by atoms with E-state index < -0.39 is 0 Å². The van der Waals surface area contributed by atoms with E-state index in [4.69, 9.17) is 0 Å². The molecule has 28 heavy (non-hydrogen) atoms. The van der Waals surface area contributed by atoms with Crippen LogP contribution >= 0.6 is 0 Å². The van der Waals surface area contributed by atoms with Crippen LogP contribution in [0.2, 0.25) is 0 Å². The molecule has 0 radical (unpaired) electrons. The standard InChI is InChI=1S/C27H53N/c1-3-4-5-6-7-8-9-10-11-12-13-14-15-16-17-18-19-20-21-22-24-28-25-23-27(2)26-28/h23H,3-22,24-26H2,1-2H3. The average Bonchev–Trinajstić information content (AvgIpc) is 3.11. The van der Waals surface area contributed by atoms with E-state index in [9.17, 15) is 0 Å². The molecule has 1 rings (SSSR count). The van der Waals surface area contributed by atoms with Gasteiger partial charge in [-0.15, -0.1) is 0 Å².